The lowest BCUT2D eigenvalue weighted by Gasteiger charge is -2.26. The standard InChI is InChI=1S/C70H143N2O6P/c1-6-8-10-12-14-16-18-20-22-24-26-28-30-32-33-34-35-36-37-38-39-40-41-43-45-47-49-51-53-55-57-59-61-63-69(73)68(67-78-79(75,76)77-66-65-72(3,4)5)71-70(74)64-62-60-58-56-54-52-50-48-46-44-42-31-29-27-25-23-21-19-17-15-13-11-9-7-2/h68-69,73H,6-67H2,1-5H3,(H-,71,74,75,76)/p+1. The van der Waals surface area contributed by atoms with Crippen LogP contribution in [0.1, 0.15) is 393 Å². The number of aliphatic hydroxyl groups excluding tert-OH is 1. The molecule has 0 aliphatic rings. The van der Waals surface area contributed by atoms with Gasteiger partial charge in [0.25, 0.3) is 0 Å². The summed E-state index contributed by atoms with van der Waals surface area (Å²) in [6, 6.07) is -0.757. The molecule has 0 aromatic carbocycles. The lowest BCUT2D eigenvalue weighted by Crippen LogP contribution is -2.46. The summed E-state index contributed by atoms with van der Waals surface area (Å²) < 4.78 is 23.9. The third-order valence-corrected chi connectivity index (χ3v) is 18.1. The van der Waals surface area contributed by atoms with Crippen molar-refractivity contribution in [2.45, 2.75) is 405 Å². The van der Waals surface area contributed by atoms with E-state index in [4.69, 9.17) is 9.05 Å². The van der Waals surface area contributed by atoms with E-state index in [2.05, 4.69) is 19.2 Å². The first-order chi connectivity index (χ1) is 38.5. The second-order valence-corrected chi connectivity index (χ2v) is 27.8. The maximum atomic E-state index is 13.1. The first-order valence-electron chi connectivity index (χ1n) is 35.9. The number of quaternary nitrogens is 1. The molecule has 0 spiro atoms. The molecule has 0 fully saturated rings. The molecule has 0 rings (SSSR count). The zero-order valence-electron chi connectivity index (χ0n) is 54.4. The van der Waals surface area contributed by atoms with Gasteiger partial charge >= 0.3 is 7.82 Å². The number of carbonyl (C=O) groups excluding carboxylic acids is 1. The van der Waals surface area contributed by atoms with Crippen molar-refractivity contribution < 1.29 is 32.9 Å². The third kappa shape index (κ3) is 64.9. The quantitative estimate of drug-likeness (QED) is 0.0318. The Morgan fingerprint density at radius 1 is 0.380 bits per heavy atom. The number of unbranched alkanes of at least 4 members (excludes halogenated alkanes) is 55. The van der Waals surface area contributed by atoms with Crippen LogP contribution in [0.4, 0.5) is 0 Å². The fraction of sp³-hybridized carbons (Fsp3) is 0.986. The maximum Gasteiger partial charge on any atom is 0.472 e. The van der Waals surface area contributed by atoms with Crippen LogP contribution in [0.15, 0.2) is 0 Å². The summed E-state index contributed by atoms with van der Waals surface area (Å²) in [7, 11) is 1.64. The van der Waals surface area contributed by atoms with Gasteiger partial charge in [-0.05, 0) is 12.8 Å². The Kier molecular flexibility index (Phi) is 61.7. The van der Waals surface area contributed by atoms with E-state index < -0.39 is 20.0 Å². The van der Waals surface area contributed by atoms with Crippen LogP contribution in [0, 0.1) is 0 Å². The number of phosphoric ester groups is 1. The van der Waals surface area contributed by atoms with Crippen molar-refractivity contribution in [1.29, 1.82) is 0 Å². The molecule has 0 aromatic rings. The van der Waals surface area contributed by atoms with Crippen molar-refractivity contribution in [3.8, 4) is 0 Å². The van der Waals surface area contributed by atoms with Crippen molar-refractivity contribution in [2.24, 2.45) is 0 Å². The van der Waals surface area contributed by atoms with Crippen LogP contribution < -0.4 is 5.32 Å². The van der Waals surface area contributed by atoms with Gasteiger partial charge in [0.05, 0.1) is 39.9 Å². The average molecular weight is 1140 g/mol. The molecule has 9 heteroatoms. The highest BCUT2D eigenvalue weighted by molar-refractivity contribution is 7.47. The van der Waals surface area contributed by atoms with E-state index in [0.717, 1.165) is 38.5 Å². The molecule has 0 aromatic heterocycles. The summed E-state index contributed by atoms with van der Waals surface area (Å²) in [6.45, 7) is 4.97. The van der Waals surface area contributed by atoms with Gasteiger partial charge in [0.15, 0.2) is 0 Å². The van der Waals surface area contributed by atoms with E-state index in [0.29, 0.717) is 23.9 Å². The molecule has 3 unspecified atom stereocenters. The number of rotatable bonds is 68. The highest BCUT2D eigenvalue weighted by atomic mass is 31.2. The van der Waals surface area contributed by atoms with Gasteiger partial charge in [-0.1, -0.05) is 373 Å². The smallest absolute Gasteiger partial charge is 0.391 e. The summed E-state index contributed by atoms with van der Waals surface area (Å²) in [6.07, 6.45) is 77.9. The van der Waals surface area contributed by atoms with Gasteiger partial charge in [-0.3, -0.25) is 13.8 Å². The second kappa shape index (κ2) is 62.0. The molecule has 1 amide bonds. The molecule has 8 nitrogen and oxygen atoms in total. The first kappa shape index (κ1) is 78.5. The van der Waals surface area contributed by atoms with E-state index in [1.807, 2.05) is 21.1 Å². The number of hydrogen-bond acceptors (Lipinski definition) is 5. The van der Waals surface area contributed by atoms with Crippen LogP contribution in [0.5, 0.6) is 0 Å². The number of aliphatic hydroxyl groups is 1. The lowest BCUT2D eigenvalue weighted by molar-refractivity contribution is -0.870. The van der Waals surface area contributed by atoms with Gasteiger partial charge in [-0.2, -0.15) is 0 Å². The Bertz CT molecular complexity index is 1250. The third-order valence-electron chi connectivity index (χ3n) is 17.1. The topological polar surface area (TPSA) is 105 Å². The fourth-order valence-corrected chi connectivity index (χ4v) is 12.3. The molecule has 3 N–H and O–H groups in total. The minimum Gasteiger partial charge on any atom is -0.391 e. The molecular formula is C70H144N2O6P+. The maximum absolute atomic E-state index is 13.1. The first-order valence-corrected chi connectivity index (χ1v) is 37.4. The average Bonchev–Trinajstić information content (AvgIpc) is 3.42. The van der Waals surface area contributed by atoms with E-state index in [9.17, 15) is 19.4 Å². The Morgan fingerprint density at radius 2 is 0.608 bits per heavy atom. The molecule has 0 radical (unpaired) electrons. The van der Waals surface area contributed by atoms with Gasteiger partial charge in [-0.15, -0.1) is 0 Å². The highest BCUT2D eigenvalue weighted by Gasteiger charge is 2.28. The summed E-state index contributed by atoms with van der Waals surface area (Å²) in [4.78, 5) is 23.5. The van der Waals surface area contributed by atoms with Crippen molar-refractivity contribution in [3.05, 3.63) is 0 Å². The Balaban J connectivity index is 3.95. The highest BCUT2D eigenvalue weighted by Crippen LogP contribution is 2.43. The van der Waals surface area contributed by atoms with Crippen molar-refractivity contribution in [2.75, 3.05) is 40.9 Å². The monoisotopic (exact) mass is 1140 g/mol. The molecule has 0 heterocycles. The van der Waals surface area contributed by atoms with Gasteiger partial charge < -0.3 is 19.8 Å². The van der Waals surface area contributed by atoms with Crippen LogP contribution in [0.2, 0.25) is 0 Å². The Hall–Kier alpha value is -0.500. The zero-order valence-corrected chi connectivity index (χ0v) is 55.3. The number of likely N-dealkylation sites (N-methyl/N-ethyl adjacent to an activating group) is 1. The molecule has 3 atom stereocenters. The predicted molar refractivity (Wildman–Crippen MR) is 346 cm³/mol. The van der Waals surface area contributed by atoms with Crippen LogP contribution >= 0.6 is 7.82 Å². The van der Waals surface area contributed by atoms with Crippen molar-refractivity contribution in [3.63, 3.8) is 0 Å². The number of phosphoric acid groups is 1. The molecule has 0 saturated carbocycles. The van der Waals surface area contributed by atoms with Crippen LogP contribution in [0.25, 0.3) is 0 Å². The van der Waals surface area contributed by atoms with Gasteiger partial charge in [0.1, 0.15) is 13.2 Å². The van der Waals surface area contributed by atoms with E-state index >= 15 is 0 Å². The normalized spacial score (nSPS) is 13.6. The van der Waals surface area contributed by atoms with E-state index in [-0.39, 0.29) is 19.1 Å². The van der Waals surface area contributed by atoms with Crippen molar-refractivity contribution in [1.82, 2.24) is 5.32 Å². The van der Waals surface area contributed by atoms with Crippen LogP contribution in [-0.4, -0.2) is 73.4 Å². The number of hydrogen-bond donors (Lipinski definition) is 3. The predicted octanol–water partition coefficient (Wildman–Crippen LogP) is 22.7. The number of nitrogens with zero attached hydrogens (tertiary/aromatic N) is 1. The molecule has 0 bridgehead atoms. The van der Waals surface area contributed by atoms with Gasteiger partial charge in [0, 0.05) is 6.42 Å². The SMILES string of the molecule is CCCCCCCCCCCCCCCCCCCCCCCCCCCCCCCCCCCC(O)C(COP(=O)(O)OCC[N+](C)(C)C)NC(=O)CCCCCCCCCCCCCCCCCCCCCCCCCC. The van der Waals surface area contributed by atoms with Crippen molar-refractivity contribution >= 4 is 13.7 Å². The minimum absolute atomic E-state index is 0.0795. The Morgan fingerprint density at radius 3 is 0.848 bits per heavy atom. The lowest BCUT2D eigenvalue weighted by atomic mass is 10.0. The summed E-state index contributed by atoms with van der Waals surface area (Å²) in [5.41, 5.74) is 0. The molecule has 0 saturated heterocycles. The van der Waals surface area contributed by atoms with Gasteiger partial charge in [0.2, 0.25) is 5.91 Å². The number of amides is 1. The molecule has 0 aliphatic heterocycles. The summed E-state index contributed by atoms with van der Waals surface area (Å²) >= 11 is 0. The van der Waals surface area contributed by atoms with E-state index in [1.165, 1.54) is 327 Å². The number of carbonyl (C=O) groups is 1. The summed E-state index contributed by atoms with van der Waals surface area (Å²) in [5.74, 6) is -0.133. The second-order valence-electron chi connectivity index (χ2n) is 26.3. The summed E-state index contributed by atoms with van der Waals surface area (Å²) in [5, 5.41) is 14.2. The minimum atomic E-state index is -4.33. The fourth-order valence-electron chi connectivity index (χ4n) is 11.5. The van der Waals surface area contributed by atoms with Crippen LogP contribution in [-0.2, 0) is 18.4 Å². The largest absolute Gasteiger partial charge is 0.472 e. The molecular weight excluding hydrogens is 996 g/mol. The number of nitrogens with one attached hydrogen (secondary N) is 1. The molecule has 474 valence electrons. The van der Waals surface area contributed by atoms with Gasteiger partial charge in [-0.25, -0.2) is 4.57 Å². The van der Waals surface area contributed by atoms with E-state index in [1.54, 1.807) is 0 Å². The molecule has 0 aliphatic carbocycles. The Labute approximate surface area is 495 Å². The van der Waals surface area contributed by atoms with Crippen LogP contribution in [0.3, 0.4) is 0 Å². The molecule has 79 heavy (non-hydrogen) atoms. The zero-order chi connectivity index (χ0) is 57.7.